The van der Waals surface area contributed by atoms with Crippen LogP contribution in [0.4, 0.5) is 0 Å². The maximum Gasteiger partial charge on any atom is 0.167 e. The van der Waals surface area contributed by atoms with Crippen molar-refractivity contribution < 1.29 is 9.47 Å². The number of ether oxygens (including phenoxy) is 2. The number of nitrogens with zero attached hydrogens (tertiary/aromatic N) is 1. The van der Waals surface area contributed by atoms with Crippen molar-refractivity contribution in [3.05, 3.63) is 0 Å². The third kappa shape index (κ3) is 2.99. The highest BCUT2D eigenvalue weighted by atomic mass is 16.7. The molecule has 0 aliphatic carbocycles. The van der Waals surface area contributed by atoms with Gasteiger partial charge < -0.3 is 15.2 Å². The zero-order chi connectivity index (χ0) is 12.5. The summed E-state index contributed by atoms with van der Waals surface area (Å²) >= 11 is 0. The lowest BCUT2D eigenvalue weighted by Gasteiger charge is -2.33. The summed E-state index contributed by atoms with van der Waals surface area (Å²) in [4.78, 5) is 2.56. The van der Waals surface area contributed by atoms with Gasteiger partial charge in [0.05, 0.1) is 12.7 Å². The summed E-state index contributed by atoms with van der Waals surface area (Å²) in [6.07, 6.45) is 3.59. The molecule has 100 valence electrons. The van der Waals surface area contributed by atoms with Gasteiger partial charge in [-0.05, 0) is 40.2 Å². The maximum absolute atomic E-state index is 5.91. The molecule has 0 spiro atoms. The molecule has 2 N–H and O–H groups in total. The lowest BCUT2D eigenvalue weighted by atomic mass is 10.0. The van der Waals surface area contributed by atoms with E-state index in [2.05, 4.69) is 25.7 Å². The van der Waals surface area contributed by atoms with E-state index >= 15 is 0 Å². The van der Waals surface area contributed by atoms with Gasteiger partial charge in [0.25, 0.3) is 0 Å². The maximum atomic E-state index is 5.91. The second-order valence-electron chi connectivity index (χ2n) is 5.75. The number of rotatable bonds is 4. The van der Waals surface area contributed by atoms with E-state index in [1.807, 2.05) is 0 Å². The van der Waals surface area contributed by atoms with Gasteiger partial charge in [0, 0.05) is 25.0 Å². The molecule has 4 heteroatoms. The van der Waals surface area contributed by atoms with E-state index in [1.165, 1.54) is 19.4 Å². The molecule has 0 saturated carbocycles. The zero-order valence-corrected chi connectivity index (χ0v) is 11.3. The Bertz CT molecular complexity index is 260. The number of hydrogen-bond donors (Lipinski definition) is 1. The Balaban J connectivity index is 1.92. The van der Waals surface area contributed by atoms with Crippen molar-refractivity contribution in [3.63, 3.8) is 0 Å². The minimum absolute atomic E-state index is 0.0777. The molecule has 0 bridgehead atoms. The molecule has 0 aromatic carbocycles. The molecule has 0 amide bonds. The molecule has 2 fully saturated rings. The summed E-state index contributed by atoms with van der Waals surface area (Å²) in [5, 5.41) is 0. The third-order valence-electron chi connectivity index (χ3n) is 3.95. The molecule has 2 rings (SSSR count). The molecule has 4 nitrogen and oxygen atoms in total. The van der Waals surface area contributed by atoms with Crippen molar-refractivity contribution in [2.45, 2.75) is 64.0 Å². The second-order valence-corrected chi connectivity index (χ2v) is 5.75. The molecule has 2 heterocycles. The molecule has 0 aromatic heterocycles. The van der Waals surface area contributed by atoms with Crippen LogP contribution in [0, 0.1) is 0 Å². The monoisotopic (exact) mass is 242 g/mol. The Morgan fingerprint density at radius 3 is 2.82 bits per heavy atom. The van der Waals surface area contributed by atoms with Gasteiger partial charge in [-0.2, -0.15) is 0 Å². The van der Waals surface area contributed by atoms with Crippen LogP contribution >= 0.6 is 0 Å². The standard InChI is InChI=1S/C13H26N2O2/c1-10(2)15-6-4-5-11(15)7-13(3)16-9-12(8-14)17-13/h10-12H,4-9,14H2,1-3H3. The highest BCUT2D eigenvalue weighted by Crippen LogP contribution is 2.33. The molecular weight excluding hydrogens is 216 g/mol. The van der Waals surface area contributed by atoms with Crippen LogP contribution in [0.25, 0.3) is 0 Å². The fourth-order valence-corrected chi connectivity index (χ4v) is 3.10. The van der Waals surface area contributed by atoms with Gasteiger partial charge in [-0.25, -0.2) is 0 Å². The summed E-state index contributed by atoms with van der Waals surface area (Å²) in [6.45, 7) is 8.98. The number of likely N-dealkylation sites (tertiary alicyclic amines) is 1. The highest BCUT2D eigenvalue weighted by Gasteiger charge is 2.41. The first kappa shape index (κ1) is 13.3. The molecule has 3 atom stereocenters. The fraction of sp³-hybridized carbons (Fsp3) is 1.00. The minimum Gasteiger partial charge on any atom is -0.347 e. The van der Waals surface area contributed by atoms with Crippen molar-refractivity contribution in [3.8, 4) is 0 Å². The first-order chi connectivity index (χ1) is 8.04. The largest absolute Gasteiger partial charge is 0.347 e. The lowest BCUT2D eigenvalue weighted by molar-refractivity contribution is -0.166. The van der Waals surface area contributed by atoms with Crippen molar-refractivity contribution in [1.82, 2.24) is 4.90 Å². The van der Waals surface area contributed by atoms with Crippen LogP contribution in [0.3, 0.4) is 0 Å². The molecule has 2 aliphatic rings. The van der Waals surface area contributed by atoms with E-state index in [0.717, 1.165) is 6.42 Å². The lowest BCUT2D eigenvalue weighted by Crippen LogP contribution is -2.42. The van der Waals surface area contributed by atoms with Crippen molar-refractivity contribution in [1.29, 1.82) is 0 Å². The van der Waals surface area contributed by atoms with Gasteiger partial charge in [0.1, 0.15) is 0 Å². The Hall–Kier alpha value is -0.160. The predicted octanol–water partition coefficient (Wildman–Crippen LogP) is 1.34. The summed E-state index contributed by atoms with van der Waals surface area (Å²) < 4.78 is 11.7. The Labute approximate surface area is 104 Å². The smallest absolute Gasteiger partial charge is 0.167 e. The average Bonchev–Trinajstić information content (AvgIpc) is 2.85. The van der Waals surface area contributed by atoms with Crippen LogP contribution in [0.1, 0.15) is 40.0 Å². The fourth-order valence-electron chi connectivity index (χ4n) is 3.10. The topological polar surface area (TPSA) is 47.7 Å². The average molecular weight is 242 g/mol. The van der Waals surface area contributed by atoms with Gasteiger partial charge in [0.15, 0.2) is 5.79 Å². The van der Waals surface area contributed by atoms with Gasteiger partial charge in [-0.1, -0.05) is 0 Å². The summed E-state index contributed by atoms with van der Waals surface area (Å²) in [5.74, 6) is -0.424. The van der Waals surface area contributed by atoms with Crippen LogP contribution < -0.4 is 5.73 Å². The summed E-state index contributed by atoms with van der Waals surface area (Å²) in [7, 11) is 0. The summed E-state index contributed by atoms with van der Waals surface area (Å²) in [5.41, 5.74) is 5.62. The van der Waals surface area contributed by atoms with Gasteiger partial charge >= 0.3 is 0 Å². The van der Waals surface area contributed by atoms with Gasteiger partial charge in [-0.3, -0.25) is 4.90 Å². The van der Waals surface area contributed by atoms with E-state index in [0.29, 0.717) is 25.2 Å². The molecule has 2 saturated heterocycles. The van der Waals surface area contributed by atoms with Crippen LogP contribution in [0.15, 0.2) is 0 Å². The van der Waals surface area contributed by atoms with Gasteiger partial charge in [-0.15, -0.1) is 0 Å². The molecule has 0 radical (unpaired) electrons. The van der Waals surface area contributed by atoms with Crippen LogP contribution in [-0.4, -0.2) is 48.6 Å². The molecule has 2 aliphatic heterocycles. The normalized spacial score (nSPS) is 39.4. The Kier molecular flexibility index (Phi) is 4.08. The number of nitrogens with two attached hydrogens (primary N) is 1. The van der Waals surface area contributed by atoms with Crippen LogP contribution in [0.2, 0.25) is 0 Å². The Morgan fingerprint density at radius 2 is 2.24 bits per heavy atom. The van der Waals surface area contributed by atoms with Crippen LogP contribution in [-0.2, 0) is 9.47 Å². The molecule has 17 heavy (non-hydrogen) atoms. The van der Waals surface area contributed by atoms with E-state index in [4.69, 9.17) is 15.2 Å². The Morgan fingerprint density at radius 1 is 1.47 bits per heavy atom. The molecule has 0 aromatic rings. The molecular formula is C13H26N2O2. The van der Waals surface area contributed by atoms with Crippen LogP contribution in [0.5, 0.6) is 0 Å². The van der Waals surface area contributed by atoms with Crippen molar-refractivity contribution in [2.75, 3.05) is 19.7 Å². The molecule has 3 unspecified atom stereocenters. The first-order valence-corrected chi connectivity index (χ1v) is 6.81. The van der Waals surface area contributed by atoms with Crippen molar-refractivity contribution in [2.24, 2.45) is 5.73 Å². The van der Waals surface area contributed by atoms with E-state index < -0.39 is 5.79 Å². The first-order valence-electron chi connectivity index (χ1n) is 6.81. The third-order valence-corrected chi connectivity index (χ3v) is 3.95. The van der Waals surface area contributed by atoms with Gasteiger partial charge in [0.2, 0.25) is 0 Å². The minimum atomic E-state index is -0.424. The second kappa shape index (κ2) is 5.22. The quantitative estimate of drug-likeness (QED) is 0.808. The number of hydrogen-bond acceptors (Lipinski definition) is 4. The summed E-state index contributed by atoms with van der Waals surface area (Å²) in [6, 6.07) is 1.20. The van der Waals surface area contributed by atoms with E-state index in [-0.39, 0.29) is 6.10 Å². The zero-order valence-electron chi connectivity index (χ0n) is 11.3. The highest BCUT2D eigenvalue weighted by molar-refractivity contribution is 4.87. The SMILES string of the molecule is CC(C)N1CCCC1CC1(C)OCC(CN)O1. The van der Waals surface area contributed by atoms with Crippen molar-refractivity contribution >= 4 is 0 Å². The van der Waals surface area contributed by atoms with E-state index in [1.54, 1.807) is 0 Å². The van der Waals surface area contributed by atoms with E-state index in [9.17, 15) is 0 Å². The predicted molar refractivity (Wildman–Crippen MR) is 67.8 cm³/mol.